The van der Waals surface area contributed by atoms with Crippen molar-refractivity contribution in [2.75, 3.05) is 18.5 Å². The lowest BCUT2D eigenvalue weighted by molar-refractivity contribution is -0.141. The largest absolute Gasteiger partial charge is 0.464 e. The molecule has 0 amide bonds. The molecule has 1 N–H and O–H groups in total. The van der Waals surface area contributed by atoms with Gasteiger partial charge >= 0.3 is 5.97 Å². The Labute approximate surface area is 108 Å². The fraction of sp³-hybridized carbons (Fsp3) is 0.429. The molecule has 1 aromatic rings. The standard InChI is InChI=1S/C14H18N2O2/c1-2-3-10-18-14(17)11-16-13-6-4-12(5-7-13)8-9-15/h4-7,16H,2-3,8,10-11H2,1H3. The first kappa shape index (κ1) is 14.0. The first-order valence-electron chi connectivity index (χ1n) is 6.11. The van der Waals surface area contributed by atoms with Crippen LogP contribution in [0.3, 0.4) is 0 Å². The van der Waals surface area contributed by atoms with Crippen molar-refractivity contribution in [1.82, 2.24) is 0 Å². The summed E-state index contributed by atoms with van der Waals surface area (Å²) in [5.74, 6) is -0.246. The topological polar surface area (TPSA) is 62.1 Å². The first-order valence-corrected chi connectivity index (χ1v) is 6.11. The summed E-state index contributed by atoms with van der Waals surface area (Å²) in [5.41, 5.74) is 1.82. The minimum absolute atomic E-state index is 0.168. The number of anilines is 1. The number of carbonyl (C=O) groups excluding carboxylic acids is 1. The molecule has 0 aliphatic rings. The van der Waals surface area contributed by atoms with Crippen molar-refractivity contribution >= 4 is 11.7 Å². The van der Waals surface area contributed by atoms with Gasteiger partial charge in [0.05, 0.1) is 19.1 Å². The van der Waals surface area contributed by atoms with E-state index >= 15 is 0 Å². The van der Waals surface area contributed by atoms with Crippen molar-refractivity contribution in [3.8, 4) is 6.07 Å². The SMILES string of the molecule is CCCCOC(=O)CNc1ccc(CC#N)cc1. The van der Waals surface area contributed by atoms with E-state index in [4.69, 9.17) is 10.00 Å². The van der Waals surface area contributed by atoms with Crippen LogP contribution in [0, 0.1) is 11.3 Å². The number of ether oxygens (including phenoxy) is 1. The van der Waals surface area contributed by atoms with E-state index in [9.17, 15) is 4.79 Å². The Kier molecular flexibility index (Phi) is 6.34. The van der Waals surface area contributed by atoms with Crippen molar-refractivity contribution in [1.29, 1.82) is 5.26 Å². The summed E-state index contributed by atoms with van der Waals surface area (Å²) in [5, 5.41) is 11.5. The number of hydrogen-bond acceptors (Lipinski definition) is 4. The molecule has 0 aliphatic carbocycles. The number of benzene rings is 1. The molecule has 0 unspecified atom stereocenters. The van der Waals surface area contributed by atoms with Gasteiger partial charge in [-0.25, -0.2) is 0 Å². The fourth-order valence-electron chi connectivity index (χ4n) is 1.39. The zero-order valence-electron chi connectivity index (χ0n) is 10.6. The van der Waals surface area contributed by atoms with E-state index in [2.05, 4.69) is 18.3 Å². The van der Waals surface area contributed by atoms with Gasteiger partial charge in [0.1, 0.15) is 6.54 Å². The van der Waals surface area contributed by atoms with Gasteiger partial charge in [-0.05, 0) is 24.1 Å². The Morgan fingerprint density at radius 2 is 2.11 bits per heavy atom. The van der Waals surface area contributed by atoms with Gasteiger partial charge in [-0.2, -0.15) is 5.26 Å². The maximum Gasteiger partial charge on any atom is 0.325 e. The normalized spacial score (nSPS) is 9.56. The monoisotopic (exact) mass is 246 g/mol. The van der Waals surface area contributed by atoms with E-state index in [0.29, 0.717) is 13.0 Å². The molecule has 0 heterocycles. The van der Waals surface area contributed by atoms with Crippen LogP contribution in [0.4, 0.5) is 5.69 Å². The molecule has 1 aromatic carbocycles. The summed E-state index contributed by atoms with van der Waals surface area (Å²) < 4.78 is 5.02. The van der Waals surface area contributed by atoms with Crippen LogP contribution in [0.5, 0.6) is 0 Å². The minimum Gasteiger partial charge on any atom is -0.464 e. The van der Waals surface area contributed by atoms with Crippen LogP contribution in [0.2, 0.25) is 0 Å². The second-order valence-corrected chi connectivity index (χ2v) is 3.96. The predicted molar refractivity (Wildman–Crippen MR) is 70.1 cm³/mol. The van der Waals surface area contributed by atoms with Crippen LogP contribution < -0.4 is 5.32 Å². The Hall–Kier alpha value is -2.02. The molecule has 0 saturated carbocycles. The molecule has 0 saturated heterocycles. The van der Waals surface area contributed by atoms with E-state index in [0.717, 1.165) is 24.1 Å². The summed E-state index contributed by atoms with van der Waals surface area (Å²) in [4.78, 5) is 11.3. The number of carbonyl (C=O) groups is 1. The maximum atomic E-state index is 11.3. The Morgan fingerprint density at radius 1 is 1.39 bits per heavy atom. The van der Waals surface area contributed by atoms with E-state index < -0.39 is 0 Å². The van der Waals surface area contributed by atoms with E-state index in [1.54, 1.807) is 0 Å². The van der Waals surface area contributed by atoms with Crippen LogP contribution in [0.25, 0.3) is 0 Å². The predicted octanol–water partition coefficient (Wildman–Crippen LogP) is 2.51. The van der Waals surface area contributed by atoms with Crippen LogP contribution in [-0.2, 0) is 16.0 Å². The molecule has 0 aromatic heterocycles. The average Bonchev–Trinajstić information content (AvgIpc) is 2.39. The Balaban J connectivity index is 2.30. The third-order valence-corrected chi connectivity index (χ3v) is 2.43. The van der Waals surface area contributed by atoms with Gasteiger partial charge in [-0.3, -0.25) is 4.79 Å². The van der Waals surface area contributed by atoms with Gasteiger partial charge in [0.2, 0.25) is 0 Å². The number of esters is 1. The van der Waals surface area contributed by atoms with Gasteiger partial charge < -0.3 is 10.1 Å². The number of hydrogen-bond donors (Lipinski definition) is 1. The summed E-state index contributed by atoms with van der Waals surface area (Å²) in [7, 11) is 0. The van der Waals surface area contributed by atoms with Crippen molar-refractivity contribution < 1.29 is 9.53 Å². The minimum atomic E-state index is -0.246. The highest BCUT2D eigenvalue weighted by Gasteiger charge is 2.02. The third-order valence-electron chi connectivity index (χ3n) is 2.43. The number of nitriles is 1. The van der Waals surface area contributed by atoms with E-state index in [1.807, 2.05) is 24.3 Å². The summed E-state index contributed by atoms with van der Waals surface area (Å²) in [6.45, 7) is 2.70. The highest BCUT2D eigenvalue weighted by atomic mass is 16.5. The summed E-state index contributed by atoms with van der Waals surface area (Å²) in [6.07, 6.45) is 2.31. The lowest BCUT2D eigenvalue weighted by atomic mass is 10.1. The van der Waals surface area contributed by atoms with E-state index in [-0.39, 0.29) is 12.5 Å². The lowest BCUT2D eigenvalue weighted by Gasteiger charge is -2.07. The molecule has 18 heavy (non-hydrogen) atoms. The van der Waals surface area contributed by atoms with Crippen molar-refractivity contribution in [2.45, 2.75) is 26.2 Å². The Morgan fingerprint density at radius 3 is 2.72 bits per heavy atom. The number of unbranched alkanes of at least 4 members (excludes halogenated alkanes) is 1. The van der Waals surface area contributed by atoms with Gasteiger partial charge in [0, 0.05) is 5.69 Å². The molecule has 1 rings (SSSR count). The van der Waals surface area contributed by atoms with Gasteiger partial charge in [0.15, 0.2) is 0 Å². The van der Waals surface area contributed by atoms with Gasteiger partial charge in [-0.15, -0.1) is 0 Å². The molecule has 0 bridgehead atoms. The Bertz CT molecular complexity index is 407. The molecular weight excluding hydrogens is 228 g/mol. The molecule has 4 nitrogen and oxygen atoms in total. The molecule has 0 fully saturated rings. The lowest BCUT2D eigenvalue weighted by Crippen LogP contribution is -2.17. The van der Waals surface area contributed by atoms with Crippen LogP contribution >= 0.6 is 0 Å². The van der Waals surface area contributed by atoms with Crippen LogP contribution in [0.15, 0.2) is 24.3 Å². The molecule has 96 valence electrons. The smallest absolute Gasteiger partial charge is 0.325 e. The van der Waals surface area contributed by atoms with Crippen molar-refractivity contribution in [3.63, 3.8) is 0 Å². The highest BCUT2D eigenvalue weighted by molar-refractivity contribution is 5.74. The van der Waals surface area contributed by atoms with Crippen LogP contribution in [-0.4, -0.2) is 19.1 Å². The van der Waals surface area contributed by atoms with Crippen molar-refractivity contribution in [2.24, 2.45) is 0 Å². The molecule has 0 atom stereocenters. The molecule has 0 aliphatic heterocycles. The van der Waals surface area contributed by atoms with Crippen molar-refractivity contribution in [3.05, 3.63) is 29.8 Å². The van der Waals surface area contributed by atoms with E-state index in [1.165, 1.54) is 0 Å². The zero-order chi connectivity index (χ0) is 13.2. The van der Waals surface area contributed by atoms with Gasteiger partial charge in [-0.1, -0.05) is 25.5 Å². The van der Waals surface area contributed by atoms with Crippen LogP contribution in [0.1, 0.15) is 25.3 Å². The average molecular weight is 246 g/mol. The zero-order valence-corrected chi connectivity index (χ0v) is 10.6. The molecular formula is C14H18N2O2. The molecule has 0 spiro atoms. The molecule has 4 heteroatoms. The first-order chi connectivity index (χ1) is 8.76. The third kappa shape index (κ3) is 5.35. The summed E-state index contributed by atoms with van der Waals surface area (Å²) in [6, 6.07) is 9.53. The quantitative estimate of drug-likeness (QED) is 0.593. The highest BCUT2D eigenvalue weighted by Crippen LogP contribution is 2.09. The van der Waals surface area contributed by atoms with Gasteiger partial charge in [0.25, 0.3) is 0 Å². The number of rotatable bonds is 7. The maximum absolute atomic E-state index is 11.3. The molecule has 0 radical (unpaired) electrons. The second kappa shape index (κ2) is 8.13. The number of nitrogens with zero attached hydrogens (tertiary/aromatic N) is 1. The second-order valence-electron chi connectivity index (χ2n) is 3.96. The fourth-order valence-corrected chi connectivity index (χ4v) is 1.39. The summed E-state index contributed by atoms with van der Waals surface area (Å²) >= 11 is 0. The number of nitrogens with one attached hydrogen (secondary N) is 1.